The number of rotatable bonds is 1. The van der Waals surface area contributed by atoms with Gasteiger partial charge in [-0.15, -0.1) is 0 Å². The first-order valence-electron chi connectivity index (χ1n) is 2.24. The van der Waals surface area contributed by atoms with Crippen molar-refractivity contribution in [2.75, 3.05) is 4.93 Å². The van der Waals surface area contributed by atoms with Crippen LogP contribution in [0.1, 0.15) is 5.89 Å². The zero-order valence-electron chi connectivity index (χ0n) is 4.81. The van der Waals surface area contributed by atoms with Crippen molar-refractivity contribution in [3.05, 3.63) is 15.9 Å². The van der Waals surface area contributed by atoms with Gasteiger partial charge in [0.1, 0.15) is 0 Å². The molecule has 0 saturated carbocycles. The number of alkyl halides is 1. The second kappa shape index (κ2) is 2.48. The van der Waals surface area contributed by atoms with Crippen molar-refractivity contribution >= 4 is 0 Å². The van der Waals surface area contributed by atoms with Gasteiger partial charge >= 0.3 is 58.3 Å². The van der Waals surface area contributed by atoms with Crippen molar-refractivity contribution < 1.29 is 25.6 Å². The van der Waals surface area contributed by atoms with E-state index in [1.54, 1.807) is 6.26 Å². The van der Waals surface area contributed by atoms with Crippen molar-refractivity contribution in [3.8, 4) is 0 Å². The quantitative estimate of drug-likeness (QED) is 0.402. The van der Waals surface area contributed by atoms with Crippen molar-refractivity contribution in [1.29, 1.82) is 0 Å². The Hall–Kier alpha value is -0.0600. The van der Waals surface area contributed by atoms with Gasteiger partial charge in [0, 0.05) is 0 Å². The first-order valence-corrected chi connectivity index (χ1v) is 5.48. The number of hydrogen-bond donors (Lipinski definition) is 0. The Balaban J connectivity index is 2.84. The van der Waals surface area contributed by atoms with E-state index in [1.807, 2.05) is 6.92 Å². The van der Waals surface area contributed by atoms with Gasteiger partial charge in [0.25, 0.3) is 0 Å². The number of halogens is 1. The molecule has 8 heavy (non-hydrogen) atoms. The van der Waals surface area contributed by atoms with Gasteiger partial charge in [-0.3, -0.25) is 0 Å². The van der Waals surface area contributed by atoms with Crippen LogP contribution in [0.5, 0.6) is 0 Å². The second-order valence-corrected chi connectivity index (χ2v) is 3.56. The Labute approximate surface area is 58.6 Å². The molecule has 0 aliphatic carbocycles. The molecular formula is C5H7INO-. The van der Waals surface area contributed by atoms with E-state index in [0.29, 0.717) is 0 Å². The molecule has 1 rings (SSSR count). The first-order chi connectivity index (χ1) is 3.83. The maximum atomic E-state index is 4.97. The van der Waals surface area contributed by atoms with Crippen LogP contribution in [-0.4, -0.2) is 9.91 Å². The zero-order chi connectivity index (χ0) is 5.98. The molecular weight excluding hydrogens is 217 g/mol. The van der Waals surface area contributed by atoms with Crippen LogP contribution in [0.15, 0.2) is 10.7 Å². The molecule has 1 heterocycles. The number of aromatic nitrogens is 1. The Morgan fingerprint density at radius 3 is 2.75 bits per heavy atom. The molecule has 0 spiro atoms. The van der Waals surface area contributed by atoms with Crippen LogP contribution in [0, 0.1) is 10.6 Å². The molecule has 0 amide bonds. The van der Waals surface area contributed by atoms with Crippen molar-refractivity contribution in [3.63, 3.8) is 0 Å². The Bertz CT molecular complexity index is 173. The van der Waals surface area contributed by atoms with Gasteiger partial charge in [-0.1, -0.05) is 0 Å². The Morgan fingerprint density at radius 2 is 2.50 bits per heavy atom. The molecule has 0 aliphatic rings. The Morgan fingerprint density at radius 1 is 1.75 bits per heavy atom. The molecule has 0 radical (unpaired) electrons. The number of nitrogens with zero attached hydrogens (tertiary/aromatic N) is 1. The summed E-state index contributed by atoms with van der Waals surface area (Å²) in [5.74, 6) is 0.779. The monoisotopic (exact) mass is 224 g/mol. The van der Waals surface area contributed by atoms with Crippen molar-refractivity contribution in [2.45, 2.75) is 6.92 Å². The fraction of sp³-hybridized carbons (Fsp3) is 0.400. The third-order valence-electron chi connectivity index (χ3n) is 0.785. The van der Waals surface area contributed by atoms with E-state index in [2.05, 4.69) is 9.91 Å². The predicted molar refractivity (Wildman–Crippen MR) is 25.9 cm³/mol. The molecule has 0 fully saturated rings. The molecule has 0 saturated heterocycles. The summed E-state index contributed by atoms with van der Waals surface area (Å²) in [4.78, 5) is 6.27. The van der Waals surface area contributed by atoms with Gasteiger partial charge in [-0.2, -0.15) is 0 Å². The summed E-state index contributed by atoms with van der Waals surface area (Å²) < 4.78 is 6.11. The van der Waals surface area contributed by atoms with Gasteiger partial charge in [0.05, 0.1) is 0 Å². The molecule has 0 aromatic carbocycles. The van der Waals surface area contributed by atoms with Crippen LogP contribution in [-0.2, 0) is 0 Å². The van der Waals surface area contributed by atoms with E-state index < -0.39 is 0 Å². The van der Waals surface area contributed by atoms with E-state index >= 15 is 0 Å². The van der Waals surface area contributed by atoms with Gasteiger partial charge < -0.3 is 0 Å². The number of hydrogen-bond acceptors (Lipinski definition) is 2. The molecule has 3 heteroatoms. The molecule has 0 aliphatic heterocycles. The normalized spacial score (nSPS) is 10.2. The maximum absolute atomic E-state index is 4.97. The van der Waals surface area contributed by atoms with Crippen LogP contribution >= 0.6 is 0 Å². The van der Waals surface area contributed by atoms with Gasteiger partial charge in [0.2, 0.25) is 0 Å². The summed E-state index contributed by atoms with van der Waals surface area (Å²) >= 11 is 0.125. The minimum atomic E-state index is 0.125. The molecule has 0 unspecified atom stereocenters. The molecule has 0 bridgehead atoms. The van der Waals surface area contributed by atoms with Crippen LogP contribution in [0.3, 0.4) is 0 Å². The SMILES string of the molecule is C[I-]c1coc(C)n1. The summed E-state index contributed by atoms with van der Waals surface area (Å²) in [6.45, 7) is 1.86. The average Bonchev–Trinajstić information content (AvgIpc) is 2.14. The first kappa shape index (κ1) is 6.07. The fourth-order valence-corrected chi connectivity index (χ4v) is 1.39. The minimum absolute atomic E-state index is 0.125. The summed E-state index contributed by atoms with van der Waals surface area (Å²) in [6, 6.07) is 0. The fourth-order valence-electron chi connectivity index (χ4n) is 0.424. The third kappa shape index (κ3) is 1.21. The molecule has 0 N–H and O–H groups in total. The van der Waals surface area contributed by atoms with Crippen molar-refractivity contribution in [2.24, 2.45) is 0 Å². The number of oxazole rings is 1. The standard InChI is InChI=1S/C5H7INO/c1-4-7-5(6-2)3-8-4/h3H,1-2H3/q-1. The van der Waals surface area contributed by atoms with Crippen LogP contribution < -0.4 is 21.2 Å². The topological polar surface area (TPSA) is 26.0 Å². The van der Waals surface area contributed by atoms with E-state index in [1.165, 1.54) is 0 Å². The molecule has 0 atom stereocenters. The Kier molecular flexibility index (Phi) is 1.88. The average molecular weight is 224 g/mol. The van der Waals surface area contributed by atoms with Gasteiger partial charge in [-0.05, 0) is 0 Å². The van der Waals surface area contributed by atoms with Crippen LogP contribution in [0.4, 0.5) is 0 Å². The predicted octanol–water partition coefficient (Wildman–Crippen LogP) is -2.13. The van der Waals surface area contributed by atoms with E-state index in [0.717, 1.165) is 9.59 Å². The van der Waals surface area contributed by atoms with E-state index in [4.69, 9.17) is 4.42 Å². The second-order valence-electron chi connectivity index (χ2n) is 1.38. The number of aryl methyl sites for hydroxylation is 1. The molecule has 2 nitrogen and oxygen atoms in total. The molecule has 1 aromatic heterocycles. The summed E-state index contributed by atoms with van der Waals surface area (Å²) in [7, 11) is 0. The van der Waals surface area contributed by atoms with Gasteiger partial charge in [0.15, 0.2) is 0 Å². The molecule has 46 valence electrons. The summed E-state index contributed by atoms with van der Waals surface area (Å²) in [6.07, 6.45) is 1.74. The van der Waals surface area contributed by atoms with Crippen LogP contribution in [0.2, 0.25) is 0 Å². The van der Waals surface area contributed by atoms with Crippen molar-refractivity contribution in [1.82, 2.24) is 4.98 Å². The van der Waals surface area contributed by atoms with Crippen LogP contribution in [0.25, 0.3) is 0 Å². The molecule has 1 aromatic rings. The van der Waals surface area contributed by atoms with E-state index in [-0.39, 0.29) is 21.2 Å². The summed E-state index contributed by atoms with van der Waals surface area (Å²) in [5.41, 5.74) is 0. The summed E-state index contributed by atoms with van der Waals surface area (Å²) in [5, 5.41) is 0. The zero-order valence-corrected chi connectivity index (χ0v) is 6.97. The van der Waals surface area contributed by atoms with Gasteiger partial charge in [-0.25, -0.2) is 0 Å². The van der Waals surface area contributed by atoms with E-state index in [9.17, 15) is 0 Å². The third-order valence-corrected chi connectivity index (χ3v) is 2.39.